The average molecular weight is 97.1 g/mol. The zero-order chi connectivity index (χ0) is 5.11. The first kappa shape index (κ1) is 4.16. The van der Waals surface area contributed by atoms with Crippen LogP contribution in [0.25, 0.3) is 0 Å². The molecule has 0 saturated carbocycles. The molecule has 1 N–H and O–H groups in total. The fourth-order valence-corrected chi connectivity index (χ4v) is 0.328. The van der Waals surface area contributed by atoms with Gasteiger partial charge in [-0.25, -0.2) is 0 Å². The molecule has 0 radical (unpaired) electrons. The van der Waals surface area contributed by atoms with Crippen molar-refractivity contribution in [2.45, 2.75) is 0 Å². The molecule has 1 aliphatic rings. The van der Waals surface area contributed by atoms with Crippen molar-refractivity contribution in [2.24, 2.45) is 0 Å². The topological polar surface area (TPSA) is 12.0 Å². The van der Waals surface area contributed by atoms with Crippen molar-refractivity contribution in [3.8, 4) is 0 Å². The van der Waals surface area contributed by atoms with E-state index in [0.717, 1.165) is 0 Å². The van der Waals surface area contributed by atoms with E-state index in [1.165, 1.54) is 18.4 Å². The Kier molecular flexibility index (Phi) is 0.966. The summed E-state index contributed by atoms with van der Waals surface area (Å²) in [5, 5.41) is 2.31. The maximum absolute atomic E-state index is 11.8. The van der Waals surface area contributed by atoms with Crippen molar-refractivity contribution in [1.82, 2.24) is 5.32 Å². The normalized spacial score (nSPS) is 15.9. The molecular formula is C5H4FN. The minimum Gasteiger partial charge on any atom is -0.332 e. The van der Waals surface area contributed by atoms with E-state index in [-0.39, 0.29) is 5.95 Å². The van der Waals surface area contributed by atoms with E-state index in [4.69, 9.17) is 0 Å². The number of rotatable bonds is 0. The Morgan fingerprint density at radius 1 is 1.71 bits per heavy atom. The highest BCUT2D eigenvalue weighted by Gasteiger charge is 1.85. The van der Waals surface area contributed by atoms with Crippen LogP contribution in [0, 0.1) is 0 Å². The van der Waals surface area contributed by atoms with Crippen LogP contribution in [-0.2, 0) is 0 Å². The molecule has 1 heterocycles. The lowest BCUT2D eigenvalue weighted by molar-refractivity contribution is 0.585. The molecule has 0 aliphatic carbocycles. The average Bonchev–Trinajstić information content (AvgIpc) is 1.69. The van der Waals surface area contributed by atoms with Crippen molar-refractivity contribution < 1.29 is 4.39 Å². The Labute approximate surface area is 40.8 Å². The third kappa shape index (κ3) is 0.913. The summed E-state index contributed by atoms with van der Waals surface area (Å²) in [5.74, 6) is -0.334. The summed E-state index contributed by atoms with van der Waals surface area (Å²) in [6.07, 6.45) is 4.22. The van der Waals surface area contributed by atoms with Crippen LogP contribution in [0.3, 0.4) is 0 Å². The molecule has 7 heavy (non-hydrogen) atoms. The van der Waals surface area contributed by atoms with Gasteiger partial charge in [-0.1, -0.05) is 0 Å². The van der Waals surface area contributed by atoms with E-state index in [0.29, 0.717) is 0 Å². The van der Waals surface area contributed by atoms with Crippen molar-refractivity contribution in [3.05, 3.63) is 30.0 Å². The Bertz CT molecular complexity index is 151. The van der Waals surface area contributed by atoms with Crippen LogP contribution in [0.5, 0.6) is 0 Å². The molecule has 0 aromatic carbocycles. The Morgan fingerprint density at radius 2 is 2.57 bits per heavy atom. The van der Waals surface area contributed by atoms with Gasteiger partial charge in [0, 0.05) is 6.20 Å². The van der Waals surface area contributed by atoms with Gasteiger partial charge >= 0.3 is 0 Å². The summed E-state index contributed by atoms with van der Waals surface area (Å²) in [5.41, 5.74) is 2.64. The fraction of sp³-hybridized carbons (Fsp3) is 0. The first-order valence-electron chi connectivity index (χ1n) is 1.93. The van der Waals surface area contributed by atoms with E-state index in [1.54, 1.807) is 0 Å². The van der Waals surface area contributed by atoms with Gasteiger partial charge in [-0.05, 0) is 12.2 Å². The first-order chi connectivity index (χ1) is 3.39. The molecule has 0 amide bonds. The van der Waals surface area contributed by atoms with Crippen LogP contribution in [0.4, 0.5) is 4.39 Å². The number of hydrogen-bond acceptors (Lipinski definition) is 1. The lowest BCUT2D eigenvalue weighted by Crippen LogP contribution is -1.99. The molecule has 0 atom stereocenters. The second-order valence-electron chi connectivity index (χ2n) is 1.14. The summed E-state index contributed by atoms with van der Waals surface area (Å²) in [4.78, 5) is 0. The van der Waals surface area contributed by atoms with Gasteiger partial charge in [-0.2, -0.15) is 4.39 Å². The highest BCUT2D eigenvalue weighted by atomic mass is 19.1. The maximum Gasteiger partial charge on any atom is 0.192 e. The number of nitrogens with one attached hydrogen (secondary N) is 1. The second kappa shape index (κ2) is 1.63. The predicted octanol–water partition coefficient (Wildman–Crippen LogP) is 1.07. The van der Waals surface area contributed by atoms with Crippen LogP contribution in [0.15, 0.2) is 30.0 Å². The minimum atomic E-state index is -0.334. The Morgan fingerprint density at radius 3 is 2.86 bits per heavy atom. The summed E-state index contributed by atoms with van der Waals surface area (Å²) in [6, 6.07) is 0. The monoisotopic (exact) mass is 97.0 g/mol. The number of hydrogen-bond donors (Lipinski definition) is 1. The lowest BCUT2D eigenvalue weighted by Gasteiger charge is -1.92. The third-order valence-corrected chi connectivity index (χ3v) is 0.619. The van der Waals surface area contributed by atoms with E-state index < -0.39 is 0 Å². The summed E-state index contributed by atoms with van der Waals surface area (Å²) >= 11 is 0. The van der Waals surface area contributed by atoms with Gasteiger partial charge in [0.05, 0.1) is 0 Å². The van der Waals surface area contributed by atoms with Gasteiger partial charge in [0.15, 0.2) is 5.95 Å². The molecule has 0 aromatic heterocycles. The number of halogens is 1. The van der Waals surface area contributed by atoms with Crippen LogP contribution in [0.2, 0.25) is 0 Å². The van der Waals surface area contributed by atoms with E-state index in [1.807, 2.05) is 0 Å². The SMILES string of the molecule is FC1=CC=C=CN1. The summed E-state index contributed by atoms with van der Waals surface area (Å²) < 4.78 is 11.8. The molecule has 0 bridgehead atoms. The molecule has 0 unspecified atom stereocenters. The molecular weight excluding hydrogens is 93.1 g/mol. The molecule has 2 heteroatoms. The molecule has 36 valence electrons. The lowest BCUT2D eigenvalue weighted by atomic mass is 10.5. The van der Waals surface area contributed by atoms with E-state index in [9.17, 15) is 4.39 Å². The van der Waals surface area contributed by atoms with Gasteiger partial charge < -0.3 is 5.32 Å². The standard InChI is InChI=1S/C5H4FN/c6-5-3-1-2-4-7-5/h1,3-4,7H. The smallest absolute Gasteiger partial charge is 0.192 e. The minimum absolute atomic E-state index is 0.334. The number of allylic oxidation sites excluding steroid dienone is 2. The molecule has 1 rings (SSSR count). The molecule has 0 saturated heterocycles. The second-order valence-corrected chi connectivity index (χ2v) is 1.14. The van der Waals surface area contributed by atoms with Crippen molar-refractivity contribution >= 4 is 0 Å². The zero-order valence-corrected chi connectivity index (χ0v) is 3.61. The van der Waals surface area contributed by atoms with Crippen LogP contribution in [0.1, 0.15) is 0 Å². The molecule has 0 fully saturated rings. The molecule has 1 nitrogen and oxygen atoms in total. The van der Waals surface area contributed by atoms with E-state index in [2.05, 4.69) is 11.0 Å². The quantitative estimate of drug-likeness (QED) is 0.352. The third-order valence-electron chi connectivity index (χ3n) is 0.619. The van der Waals surface area contributed by atoms with Gasteiger partial charge in [0.25, 0.3) is 0 Å². The van der Waals surface area contributed by atoms with Gasteiger partial charge in [-0.15, -0.1) is 5.73 Å². The van der Waals surface area contributed by atoms with Gasteiger partial charge in [0.2, 0.25) is 0 Å². The van der Waals surface area contributed by atoms with Gasteiger partial charge in [-0.3, -0.25) is 0 Å². The molecule has 0 spiro atoms. The van der Waals surface area contributed by atoms with Crippen LogP contribution in [-0.4, -0.2) is 0 Å². The Balaban J connectivity index is 2.77. The summed E-state index contributed by atoms with van der Waals surface area (Å²) in [7, 11) is 0. The first-order valence-corrected chi connectivity index (χ1v) is 1.93. The highest BCUT2D eigenvalue weighted by Crippen LogP contribution is 1.92. The van der Waals surface area contributed by atoms with Crippen molar-refractivity contribution in [1.29, 1.82) is 0 Å². The zero-order valence-electron chi connectivity index (χ0n) is 3.61. The summed E-state index contributed by atoms with van der Waals surface area (Å²) in [6.45, 7) is 0. The maximum atomic E-state index is 11.8. The largest absolute Gasteiger partial charge is 0.332 e. The van der Waals surface area contributed by atoms with Gasteiger partial charge in [0.1, 0.15) is 0 Å². The van der Waals surface area contributed by atoms with E-state index >= 15 is 0 Å². The van der Waals surface area contributed by atoms with Crippen molar-refractivity contribution in [3.63, 3.8) is 0 Å². The fourth-order valence-electron chi connectivity index (χ4n) is 0.328. The molecule has 1 aliphatic heterocycles. The van der Waals surface area contributed by atoms with Crippen LogP contribution < -0.4 is 5.32 Å². The van der Waals surface area contributed by atoms with Crippen LogP contribution >= 0.6 is 0 Å². The van der Waals surface area contributed by atoms with Crippen molar-refractivity contribution in [2.75, 3.05) is 0 Å². The molecule has 0 aromatic rings. The highest BCUT2D eigenvalue weighted by molar-refractivity contribution is 5.11. The predicted molar refractivity (Wildman–Crippen MR) is 25.0 cm³/mol. The Hall–Kier alpha value is -1.01.